The number of carbonyl (C=O) groups is 1. The van der Waals surface area contributed by atoms with Gasteiger partial charge in [0.05, 0.1) is 5.56 Å². The van der Waals surface area contributed by atoms with E-state index in [1.54, 1.807) is 17.0 Å². The smallest absolute Gasteiger partial charge is 0.257 e. The zero-order valence-electron chi connectivity index (χ0n) is 18.1. The van der Waals surface area contributed by atoms with Crippen molar-refractivity contribution in [2.45, 2.75) is 18.9 Å². The van der Waals surface area contributed by atoms with Gasteiger partial charge in [-0.15, -0.1) is 0 Å². The molecule has 1 amide bonds. The third kappa shape index (κ3) is 3.62. The van der Waals surface area contributed by atoms with Crippen molar-refractivity contribution in [3.05, 3.63) is 84.0 Å². The summed E-state index contributed by atoms with van der Waals surface area (Å²) in [7, 11) is 4.03. The Labute approximate surface area is 186 Å². The topological polar surface area (TPSA) is 49.6 Å². The van der Waals surface area contributed by atoms with Gasteiger partial charge in [0.1, 0.15) is 17.4 Å². The van der Waals surface area contributed by atoms with Crippen LogP contribution in [0.1, 0.15) is 35.1 Å². The minimum Gasteiger partial charge on any atom is -0.438 e. The number of rotatable bonds is 4. The summed E-state index contributed by atoms with van der Waals surface area (Å²) in [5.74, 6) is -0.331. The average molecular weight is 429 g/mol. The number of nitrogens with zero attached hydrogens (tertiary/aromatic N) is 3. The Morgan fingerprint density at radius 2 is 1.81 bits per heavy atom. The molecule has 2 heterocycles. The quantitative estimate of drug-likeness (QED) is 0.419. The van der Waals surface area contributed by atoms with Crippen LogP contribution in [0.4, 0.5) is 10.1 Å². The number of oxazole rings is 1. The molecule has 0 spiro atoms. The molecule has 0 aliphatic carbocycles. The van der Waals surface area contributed by atoms with E-state index in [1.807, 2.05) is 32.3 Å². The number of amides is 1. The normalized spacial score (nSPS) is 16.0. The molecule has 3 aromatic carbocycles. The molecule has 1 fully saturated rings. The van der Waals surface area contributed by atoms with E-state index in [2.05, 4.69) is 29.2 Å². The predicted molar refractivity (Wildman–Crippen MR) is 123 cm³/mol. The molecule has 0 radical (unpaired) electrons. The Kier molecular flexibility index (Phi) is 5.13. The van der Waals surface area contributed by atoms with Crippen LogP contribution in [0.25, 0.3) is 22.2 Å². The monoisotopic (exact) mass is 429 g/mol. The standard InChI is InChI=1S/C26H24FN3O2/c1-29(2)19-12-9-17(10-13-19)18-11-14-24-22(16-18)28-25(32-24)23-8-5-15-30(23)26(31)20-6-3-4-7-21(20)27/h3-4,6-7,9-14,16,23H,5,8,15H2,1-2H3. The molecule has 1 atom stereocenters. The van der Waals surface area contributed by atoms with Gasteiger partial charge >= 0.3 is 0 Å². The predicted octanol–water partition coefficient (Wildman–Crippen LogP) is 5.68. The third-order valence-electron chi connectivity index (χ3n) is 6.02. The van der Waals surface area contributed by atoms with Crippen LogP contribution in [0.3, 0.4) is 0 Å². The average Bonchev–Trinajstić information content (AvgIpc) is 3.45. The lowest BCUT2D eigenvalue weighted by Crippen LogP contribution is -2.31. The van der Waals surface area contributed by atoms with Crippen molar-refractivity contribution in [2.75, 3.05) is 25.5 Å². The largest absolute Gasteiger partial charge is 0.438 e. The summed E-state index contributed by atoms with van der Waals surface area (Å²) in [5, 5.41) is 0. The van der Waals surface area contributed by atoms with Crippen LogP contribution < -0.4 is 4.90 Å². The maximum atomic E-state index is 14.2. The van der Waals surface area contributed by atoms with Gasteiger partial charge in [-0.1, -0.05) is 30.3 Å². The number of likely N-dealkylation sites (tertiary alicyclic amines) is 1. The molecule has 5 rings (SSSR count). The van der Waals surface area contributed by atoms with E-state index >= 15 is 0 Å². The number of fused-ring (bicyclic) bond motifs is 1. The van der Waals surface area contributed by atoms with E-state index in [4.69, 9.17) is 9.40 Å². The molecule has 162 valence electrons. The molecule has 0 saturated carbocycles. The van der Waals surface area contributed by atoms with Gasteiger partial charge in [-0.2, -0.15) is 0 Å². The zero-order valence-corrected chi connectivity index (χ0v) is 18.1. The maximum absolute atomic E-state index is 14.2. The highest BCUT2D eigenvalue weighted by Crippen LogP contribution is 2.35. The zero-order chi connectivity index (χ0) is 22.2. The lowest BCUT2D eigenvalue weighted by molar-refractivity contribution is 0.0712. The van der Waals surface area contributed by atoms with Crippen molar-refractivity contribution in [2.24, 2.45) is 0 Å². The van der Waals surface area contributed by atoms with Crippen LogP contribution in [-0.2, 0) is 0 Å². The number of halogens is 1. The Morgan fingerprint density at radius 3 is 2.56 bits per heavy atom. The van der Waals surface area contributed by atoms with Gasteiger partial charge in [-0.05, 0) is 60.4 Å². The molecular weight excluding hydrogens is 405 g/mol. The van der Waals surface area contributed by atoms with Gasteiger partial charge in [0.15, 0.2) is 5.58 Å². The number of carbonyl (C=O) groups excluding carboxylic acids is 1. The van der Waals surface area contributed by atoms with E-state index in [0.29, 0.717) is 18.0 Å². The van der Waals surface area contributed by atoms with Crippen LogP contribution in [0.15, 0.2) is 71.1 Å². The summed E-state index contributed by atoms with van der Waals surface area (Å²) in [6.45, 7) is 0.556. The molecule has 1 aliphatic heterocycles. The van der Waals surface area contributed by atoms with Gasteiger partial charge in [0, 0.05) is 26.3 Å². The second-order valence-corrected chi connectivity index (χ2v) is 8.31. The molecule has 32 heavy (non-hydrogen) atoms. The van der Waals surface area contributed by atoms with Crippen LogP contribution in [0.5, 0.6) is 0 Å². The van der Waals surface area contributed by atoms with Gasteiger partial charge in [-0.3, -0.25) is 4.79 Å². The van der Waals surface area contributed by atoms with Gasteiger partial charge in [0.25, 0.3) is 5.91 Å². The Morgan fingerprint density at radius 1 is 1.06 bits per heavy atom. The molecule has 6 heteroatoms. The summed E-state index contributed by atoms with van der Waals surface area (Å²) in [5.41, 5.74) is 4.80. The Balaban J connectivity index is 1.44. The van der Waals surface area contributed by atoms with Crippen molar-refractivity contribution in [3.63, 3.8) is 0 Å². The third-order valence-corrected chi connectivity index (χ3v) is 6.02. The molecule has 1 saturated heterocycles. The van der Waals surface area contributed by atoms with Crippen molar-refractivity contribution in [1.82, 2.24) is 9.88 Å². The number of benzene rings is 3. The fourth-order valence-corrected chi connectivity index (χ4v) is 4.28. The molecule has 5 nitrogen and oxygen atoms in total. The molecule has 4 aromatic rings. The number of aromatic nitrogens is 1. The van der Waals surface area contributed by atoms with Crippen molar-refractivity contribution in [3.8, 4) is 11.1 Å². The number of hydrogen-bond acceptors (Lipinski definition) is 4. The summed E-state index contributed by atoms with van der Waals surface area (Å²) in [6, 6.07) is 20.1. The van der Waals surface area contributed by atoms with Gasteiger partial charge in [-0.25, -0.2) is 9.37 Å². The van der Waals surface area contributed by atoms with Crippen molar-refractivity contribution < 1.29 is 13.6 Å². The summed E-state index contributed by atoms with van der Waals surface area (Å²) >= 11 is 0. The van der Waals surface area contributed by atoms with E-state index in [0.717, 1.165) is 35.2 Å². The molecule has 1 unspecified atom stereocenters. The van der Waals surface area contributed by atoms with Crippen molar-refractivity contribution >= 4 is 22.7 Å². The lowest BCUT2D eigenvalue weighted by atomic mass is 10.0. The van der Waals surface area contributed by atoms with Crippen LogP contribution in [0, 0.1) is 5.82 Å². The van der Waals surface area contributed by atoms with Crippen LogP contribution in [-0.4, -0.2) is 36.4 Å². The van der Waals surface area contributed by atoms with Crippen molar-refractivity contribution in [1.29, 1.82) is 0 Å². The van der Waals surface area contributed by atoms with E-state index in [9.17, 15) is 9.18 Å². The lowest BCUT2D eigenvalue weighted by Gasteiger charge is -2.22. The van der Waals surface area contributed by atoms with E-state index in [-0.39, 0.29) is 17.5 Å². The van der Waals surface area contributed by atoms with Gasteiger partial charge < -0.3 is 14.2 Å². The van der Waals surface area contributed by atoms with Crippen LogP contribution >= 0.6 is 0 Å². The first kappa shape index (κ1) is 20.2. The highest BCUT2D eigenvalue weighted by atomic mass is 19.1. The minimum absolute atomic E-state index is 0.0824. The van der Waals surface area contributed by atoms with Crippen LogP contribution in [0.2, 0.25) is 0 Å². The van der Waals surface area contributed by atoms with E-state index < -0.39 is 5.82 Å². The highest BCUT2D eigenvalue weighted by molar-refractivity contribution is 5.95. The fourth-order valence-electron chi connectivity index (χ4n) is 4.28. The highest BCUT2D eigenvalue weighted by Gasteiger charge is 2.35. The molecular formula is C26H24FN3O2. The summed E-state index contributed by atoms with van der Waals surface area (Å²) < 4.78 is 20.2. The summed E-state index contributed by atoms with van der Waals surface area (Å²) in [4.78, 5) is 21.4. The first-order valence-electron chi connectivity index (χ1n) is 10.7. The Hall–Kier alpha value is -3.67. The second-order valence-electron chi connectivity index (χ2n) is 8.31. The fraction of sp³-hybridized carbons (Fsp3) is 0.231. The van der Waals surface area contributed by atoms with E-state index in [1.165, 1.54) is 12.1 Å². The molecule has 1 aliphatic rings. The SMILES string of the molecule is CN(C)c1ccc(-c2ccc3oc(C4CCCN4C(=O)c4ccccc4F)nc3c2)cc1. The molecule has 0 bridgehead atoms. The second kappa shape index (κ2) is 8.11. The minimum atomic E-state index is -0.509. The Bertz CT molecular complexity index is 1280. The maximum Gasteiger partial charge on any atom is 0.257 e. The number of hydrogen-bond donors (Lipinski definition) is 0. The number of anilines is 1. The molecule has 0 N–H and O–H groups in total. The first-order chi connectivity index (χ1) is 15.5. The first-order valence-corrected chi connectivity index (χ1v) is 10.7. The molecule has 1 aromatic heterocycles. The summed E-state index contributed by atoms with van der Waals surface area (Å²) in [6.07, 6.45) is 1.57. The van der Waals surface area contributed by atoms with Gasteiger partial charge in [0.2, 0.25) is 5.89 Å².